The molecule has 4 nitrogen and oxygen atoms in total. The van der Waals surface area contributed by atoms with Crippen molar-refractivity contribution >= 4 is 34.0 Å². The van der Waals surface area contributed by atoms with Crippen molar-refractivity contribution in [1.29, 1.82) is 0 Å². The Hall–Kier alpha value is -1.47. The Morgan fingerprint density at radius 1 is 1.37 bits per heavy atom. The van der Waals surface area contributed by atoms with Crippen molar-refractivity contribution in [2.75, 3.05) is 12.4 Å². The van der Waals surface area contributed by atoms with Crippen molar-refractivity contribution in [1.82, 2.24) is 10.2 Å². The van der Waals surface area contributed by atoms with Gasteiger partial charge in [-0.2, -0.15) is 0 Å². The minimum atomic E-state index is -0.348. The van der Waals surface area contributed by atoms with Gasteiger partial charge in [-0.3, -0.25) is 4.79 Å². The molecule has 19 heavy (non-hydrogen) atoms. The lowest BCUT2D eigenvalue weighted by Gasteiger charge is -2.07. The molecule has 100 valence electrons. The summed E-state index contributed by atoms with van der Waals surface area (Å²) in [7, 11) is 1.77. The van der Waals surface area contributed by atoms with Crippen LogP contribution in [0.25, 0.3) is 0 Å². The van der Waals surface area contributed by atoms with Gasteiger partial charge in [0.2, 0.25) is 5.13 Å². The maximum atomic E-state index is 12.8. The first-order valence-corrected chi connectivity index (χ1v) is 7.27. The number of hydrogen-bond acceptors (Lipinski definition) is 6. The second-order valence-electron chi connectivity index (χ2n) is 3.75. The first kappa shape index (κ1) is 14.0. The minimum Gasteiger partial charge on any atom is -0.363 e. The number of halogens is 1. The predicted molar refractivity (Wildman–Crippen MR) is 75.5 cm³/mol. The van der Waals surface area contributed by atoms with Crippen LogP contribution >= 0.6 is 23.1 Å². The van der Waals surface area contributed by atoms with E-state index in [9.17, 15) is 9.18 Å². The molecule has 2 rings (SSSR count). The van der Waals surface area contributed by atoms with Crippen molar-refractivity contribution < 1.29 is 9.18 Å². The Bertz CT molecular complexity index is 571. The largest absolute Gasteiger partial charge is 0.363 e. The van der Waals surface area contributed by atoms with Crippen LogP contribution in [0.3, 0.4) is 0 Å². The second kappa shape index (κ2) is 6.12. The molecule has 0 aliphatic heterocycles. The van der Waals surface area contributed by atoms with E-state index in [1.54, 1.807) is 14.0 Å². The van der Waals surface area contributed by atoms with Crippen molar-refractivity contribution in [3.63, 3.8) is 0 Å². The van der Waals surface area contributed by atoms with E-state index in [0.717, 1.165) is 4.34 Å². The van der Waals surface area contributed by atoms with E-state index in [1.165, 1.54) is 47.4 Å². The van der Waals surface area contributed by atoms with Gasteiger partial charge in [0.1, 0.15) is 5.82 Å². The average Bonchev–Trinajstić information content (AvgIpc) is 2.86. The highest BCUT2D eigenvalue weighted by Gasteiger charge is 2.18. The normalized spacial score (nSPS) is 12.2. The van der Waals surface area contributed by atoms with E-state index in [-0.39, 0.29) is 16.9 Å². The number of aromatic nitrogens is 2. The molecule has 0 spiro atoms. The van der Waals surface area contributed by atoms with E-state index in [4.69, 9.17) is 0 Å². The topological polar surface area (TPSA) is 54.9 Å². The zero-order valence-corrected chi connectivity index (χ0v) is 12.0. The van der Waals surface area contributed by atoms with Crippen LogP contribution in [0.1, 0.15) is 17.3 Å². The van der Waals surface area contributed by atoms with Crippen molar-refractivity contribution in [3.05, 3.63) is 35.6 Å². The van der Waals surface area contributed by atoms with Crippen LogP contribution in [0.5, 0.6) is 0 Å². The summed E-state index contributed by atoms with van der Waals surface area (Å²) in [4.78, 5) is 12.1. The Morgan fingerprint density at radius 2 is 2.05 bits per heavy atom. The minimum absolute atomic E-state index is 0.0498. The molecule has 0 saturated carbocycles. The van der Waals surface area contributed by atoms with E-state index in [0.29, 0.717) is 10.7 Å². The van der Waals surface area contributed by atoms with Crippen LogP contribution in [0.4, 0.5) is 9.52 Å². The molecule has 1 heterocycles. The number of benzene rings is 1. The smallest absolute Gasteiger partial charge is 0.206 e. The molecule has 1 N–H and O–H groups in total. The number of carbonyl (C=O) groups is 1. The number of rotatable bonds is 5. The van der Waals surface area contributed by atoms with Crippen LogP contribution < -0.4 is 5.32 Å². The Labute approximate surface area is 118 Å². The number of nitrogens with zero attached hydrogens (tertiary/aromatic N) is 2. The lowest BCUT2D eigenvalue weighted by Crippen LogP contribution is -2.13. The highest BCUT2D eigenvalue weighted by atomic mass is 32.2. The molecule has 1 aromatic heterocycles. The highest BCUT2D eigenvalue weighted by Crippen LogP contribution is 2.30. The molecule has 0 unspecified atom stereocenters. The number of Topliss-reactive ketones (excluding diaryl/α,β-unsaturated/α-hetero) is 1. The van der Waals surface area contributed by atoms with Gasteiger partial charge in [-0.05, 0) is 31.2 Å². The molecule has 0 bridgehead atoms. The first-order valence-electron chi connectivity index (χ1n) is 5.58. The van der Waals surface area contributed by atoms with Crippen LogP contribution in [0.15, 0.2) is 28.6 Å². The SMILES string of the molecule is CNc1nnc(S[C@H](C)C(=O)c2ccc(F)cc2)s1. The van der Waals surface area contributed by atoms with Gasteiger partial charge in [0.05, 0.1) is 5.25 Å². The Morgan fingerprint density at radius 3 is 2.63 bits per heavy atom. The predicted octanol–water partition coefficient (Wildman–Crippen LogP) is 3.08. The zero-order valence-electron chi connectivity index (χ0n) is 10.4. The standard InChI is InChI=1S/C12H12FN3OS2/c1-7(18-12-16-15-11(14-2)19-12)10(17)8-3-5-9(13)6-4-8/h3-7H,1-2H3,(H,14,15)/t7-/m1/s1. The summed E-state index contributed by atoms with van der Waals surface area (Å²) in [6.45, 7) is 1.80. The third kappa shape index (κ3) is 3.51. The summed E-state index contributed by atoms with van der Waals surface area (Å²) >= 11 is 2.74. The van der Waals surface area contributed by atoms with Gasteiger partial charge >= 0.3 is 0 Å². The van der Waals surface area contributed by atoms with Gasteiger partial charge in [0, 0.05) is 12.6 Å². The molecular weight excluding hydrogens is 285 g/mol. The fourth-order valence-electron chi connectivity index (χ4n) is 1.41. The molecular formula is C12H12FN3OS2. The molecule has 2 aromatic rings. The lowest BCUT2D eigenvalue weighted by molar-refractivity contribution is 0.0994. The molecule has 7 heteroatoms. The Balaban J connectivity index is 2.04. The summed E-state index contributed by atoms with van der Waals surface area (Å²) < 4.78 is 13.5. The average molecular weight is 297 g/mol. The quantitative estimate of drug-likeness (QED) is 0.679. The summed E-state index contributed by atoms with van der Waals surface area (Å²) in [6.07, 6.45) is 0. The van der Waals surface area contributed by atoms with E-state index in [1.807, 2.05) is 0 Å². The summed E-state index contributed by atoms with van der Waals surface area (Å²) in [6, 6.07) is 5.56. The second-order valence-corrected chi connectivity index (χ2v) is 6.32. The fourth-order valence-corrected chi connectivity index (χ4v) is 3.34. The van der Waals surface area contributed by atoms with Gasteiger partial charge in [0.15, 0.2) is 10.1 Å². The lowest BCUT2D eigenvalue weighted by atomic mass is 10.1. The molecule has 0 aliphatic carbocycles. The first-order chi connectivity index (χ1) is 9.10. The fraction of sp³-hybridized carbons (Fsp3) is 0.250. The third-order valence-electron chi connectivity index (χ3n) is 2.40. The number of anilines is 1. The summed E-state index contributed by atoms with van der Waals surface area (Å²) in [5, 5.41) is 11.2. The third-order valence-corrected chi connectivity index (χ3v) is 4.52. The van der Waals surface area contributed by atoms with Gasteiger partial charge in [-0.15, -0.1) is 10.2 Å². The van der Waals surface area contributed by atoms with Gasteiger partial charge in [-0.25, -0.2) is 4.39 Å². The molecule has 0 amide bonds. The van der Waals surface area contributed by atoms with Crippen LogP contribution in [-0.4, -0.2) is 28.3 Å². The molecule has 1 aromatic carbocycles. The zero-order chi connectivity index (χ0) is 13.8. The summed E-state index contributed by atoms with van der Waals surface area (Å²) in [5.41, 5.74) is 0.500. The number of hydrogen-bond donors (Lipinski definition) is 1. The number of nitrogens with one attached hydrogen (secondary N) is 1. The van der Waals surface area contributed by atoms with Crippen molar-refractivity contribution in [3.8, 4) is 0 Å². The monoisotopic (exact) mass is 297 g/mol. The maximum Gasteiger partial charge on any atom is 0.206 e. The molecule has 1 atom stereocenters. The van der Waals surface area contributed by atoms with Crippen LogP contribution in [-0.2, 0) is 0 Å². The van der Waals surface area contributed by atoms with Crippen LogP contribution in [0, 0.1) is 5.82 Å². The van der Waals surface area contributed by atoms with E-state index < -0.39 is 0 Å². The van der Waals surface area contributed by atoms with Gasteiger partial charge in [0.25, 0.3) is 0 Å². The Kier molecular flexibility index (Phi) is 4.49. The highest BCUT2D eigenvalue weighted by molar-refractivity contribution is 8.02. The van der Waals surface area contributed by atoms with E-state index >= 15 is 0 Å². The number of thioether (sulfide) groups is 1. The maximum absolute atomic E-state index is 12.8. The molecule has 0 radical (unpaired) electrons. The summed E-state index contributed by atoms with van der Waals surface area (Å²) in [5.74, 6) is -0.397. The van der Waals surface area contributed by atoms with E-state index in [2.05, 4.69) is 15.5 Å². The van der Waals surface area contributed by atoms with Gasteiger partial charge < -0.3 is 5.32 Å². The number of carbonyl (C=O) groups excluding carboxylic acids is 1. The number of ketones is 1. The molecule has 0 fully saturated rings. The van der Waals surface area contributed by atoms with Crippen LogP contribution in [0.2, 0.25) is 0 Å². The van der Waals surface area contributed by atoms with Crippen molar-refractivity contribution in [2.24, 2.45) is 0 Å². The molecule has 0 aliphatic rings. The van der Waals surface area contributed by atoms with Gasteiger partial charge in [-0.1, -0.05) is 23.1 Å². The van der Waals surface area contributed by atoms with Crippen molar-refractivity contribution in [2.45, 2.75) is 16.5 Å². The molecule has 0 saturated heterocycles.